The fraction of sp³-hybridized carbons (Fsp3) is 0.556. The number of rotatable bonds is 4. The summed E-state index contributed by atoms with van der Waals surface area (Å²) in [7, 11) is 0. The van der Waals surface area contributed by atoms with Crippen LogP contribution >= 0.6 is 11.3 Å². The summed E-state index contributed by atoms with van der Waals surface area (Å²) in [6.07, 6.45) is 10.3. The van der Waals surface area contributed by atoms with Gasteiger partial charge in [-0.1, -0.05) is 0 Å². The molecule has 120 valence electrons. The summed E-state index contributed by atoms with van der Waals surface area (Å²) in [5, 5.41) is 4.09. The summed E-state index contributed by atoms with van der Waals surface area (Å²) in [6, 6.07) is 0. The fourth-order valence-electron chi connectivity index (χ4n) is 3.83. The van der Waals surface area contributed by atoms with E-state index in [4.69, 9.17) is 19.4 Å². The van der Waals surface area contributed by atoms with Gasteiger partial charge in [-0.2, -0.15) is 0 Å². The molecule has 2 aromatic rings. The monoisotopic (exact) mass is 328 g/mol. The van der Waals surface area contributed by atoms with Gasteiger partial charge in [-0.05, 0) is 51.4 Å². The summed E-state index contributed by atoms with van der Waals surface area (Å²) >= 11 is 1.64. The summed E-state index contributed by atoms with van der Waals surface area (Å²) in [6.45, 7) is 0. The molecule has 3 aliphatic carbocycles. The zero-order chi connectivity index (χ0) is 15.2. The molecular formula is C18H20N2O2S. The maximum atomic E-state index is 6.28. The molecule has 0 aliphatic heterocycles. The average molecular weight is 328 g/mol. The van der Waals surface area contributed by atoms with Crippen molar-refractivity contribution in [3.05, 3.63) is 22.1 Å². The van der Waals surface area contributed by atoms with Crippen molar-refractivity contribution in [2.45, 2.75) is 63.6 Å². The Bertz CT molecular complexity index is 708. The van der Waals surface area contributed by atoms with Crippen molar-refractivity contribution in [2.75, 3.05) is 0 Å². The predicted molar refractivity (Wildman–Crippen MR) is 90.9 cm³/mol. The van der Waals surface area contributed by atoms with Gasteiger partial charge in [0.2, 0.25) is 0 Å². The van der Waals surface area contributed by atoms with Crippen molar-refractivity contribution in [3.63, 3.8) is 0 Å². The molecule has 23 heavy (non-hydrogen) atoms. The maximum Gasteiger partial charge on any atom is 0.192 e. The third kappa shape index (κ3) is 2.33. The molecule has 0 radical (unpaired) electrons. The van der Waals surface area contributed by atoms with Crippen molar-refractivity contribution in [1.29, 1.82) is 0 Å². The largest absolute Gasteiger partial charge is 0.484 e. The van der Waals surface area contributed by atoms with E-state index in [0.717, 1.165) is 59.6 Å². The van der Waals surface area contributed by atoms with Crippen molar-refractivity contribution in [1.82, 2.24) is 9.97 Å². The molecule has 0 amide bonds. The second kappa shape index (κ2) is 5.48. The van der Waals surface area contributed by atoms with Gasteiger partial charge in [0.15, 0.2) is 11.5 Å². The highest BCUT2D eigenvalue weighted by Gasteiger charge is 2.37. The molecule has 2 aromatic heterocycles. The molecule has 0 unspecified atom stereocenters. The Morgan fingerprint density at radius 1 is 0.739 bits per heavy atom. The molecule has 2 heterocycles. The van der Waals surface area contributed by atoms with Crippen molar-refractivity contribution >= 4 is 33.9 Å². The topological polar surface area (TPSA) is 44.2 Å². The van der Waals surface area contributed by atoms with Gasteiger partial charge in [-0.25, -0.2) is 9.97 Å². The van der Waals surface area contributed by atoms with Crippen LogP contribution in [0.15, 0.2) is 10.8 Å². The highest BCUT2D eigenvalue weighted by Crippen LogP contribution is 2.44. The normalized spacial score (nSPS) is 21.7. The maximum absolute atomic E-state index is 6.28. The molecule has 5 rings (SSSR count). The van der Waals surface area contributed by atoms with Gasteiger partial charge in [0.25, 0.3) is 0 Å². The Labute approximate surface area is 139 Å². The van der Waals surface area contributed by atoms with E-state index < -0.39 is 0 Å². The zero-order valence-electron chi connectivity index (χ0n) is 13.1. The van der Waals surface area contributed by atoms with E-state index in [1.807, 2.05) is 10.8 Å². The minimum atomic E-state index is 0.320. The van der Waals surface area contributed by atoms with Crippen LogP contribution in [0.1, 0.15) is 62.8 Å². The Morgan fingerprint density at radius 2 is 1.17 bits per heavy atom. The number of thiophene rings is 1. The van der Waals surface area contributed by atoms with Gasteiger partial charge in [-0.15, -0.1) is 11.3 Å². The Hall–Kier alpha value is -1.62. The van der Waals surface area contributed by atoms with Gasteiger partial charge < -0.3 is 9.47 Å². The van der Waals surface area contributed by atoms with E-state index >= 15 is 0 Å². The minimum Gasteiger partial charge on any atom is -0.484 e. The van der Waals surface area contributed by atoms with Crippen LogP contribution in [0.5, 0.6) is 0 Å². The summed E-state index contributed by atoms with van der Waals surface area (Å²) < 4.78 is 12.6. The molecule has 5 heteroatoms. The molecule has 0 spiro atoms. The molecule has 0 N–H and O–H groups in total. The van der Waals surface area contributed by atoms with Gasteiger partial charge in [-0.3, -0.25) is 0 Å². The summed E-state index contributed by atoms with van der Waals surface area (Å²) in [4.78, 5) is 9.51. The lowest BCUT2D eigenvalue weighted by molar-refractivity contribution is 0.138. The second-order valence-electron chi connectivity index (χ2n) is 6.77. The predicted octanol–water partition coefficient (Wildman–Crippen LogP) is 4.75. The quantitative estimate of drug-likeness (QED) is 0.812. The van der Waals surface area contributed by atoms with Crippen LogP contribution in [0.4, 0.5) is 0 Å². The molecule has 0 aromatic carbocycles. The Morgan fingerprint density at radius 3 is 1.61 bits per heavy atom. The number of nitrogens with zero attached hydrogens (tertiary/aromatic N) is 2. The first-order valence-electron chi connectivity index (χ1n) is 8.71. The average Bonchev–Trinajstić information content (AvgIpc) is 3.31. The second-order valence-corrected chi connectivity index (χ2v) is 7.51. The van der Waals surface area contributed by atoms with Gasteiger partial charge in [0.1, 0.15) is 22.4 Å². The van der Waals surface area contributed by atoms with E-state index in [0.29, 0.717) is 12.2 Å². The first-order valence-corrected chi connectivity index (χ1v) is 9.65. The summed E-state index contributed by atoms with van der Waals surface area (Å²) in [5.74, 6) is 1.72. The molecule has 2 saturated carbocycles. The molecule has 0 atom stereocenters. The van der Waals surface area contributed by atoms with E-state index in [2.05, 4.69) is 0 Å². The number of aromatic nitrogens is 2. The number of ether oxygens (including phenoxy) is 2. The third-order valence-electron chi connectivity index (χ3n) is 5.12. The molecule has 0 saturated heterocycles. The number of hydrogen-bond donors (Lipinski definition) is 0. The summed E-state index contributed by atoms with van der Waals surface area (Å²) in [5.41, 5.74) is 3.72. The van der Waals surface area contributed by atoms with E-state index in [-0.39, 0.29) is 0 Å². The van der Waals surface area contributed by atoms with Crippen LogP contribution in [0.3, 0.4) is 0 Å². The lowest BCUT2D eigenvalue weighted by atomic mass is 10.0. The van der Waals surface area contributed by atoms with E-state index in [1.54, 1.807) is 11.3 Å². The molecule has 0 bridgehead atoms. The number of fused-ring (bicyclic) bond motifs is 2. The molecule has 4 nitrogen and oxygen atoms in total. The van der Waals surface area contributed by atoms with Crippen LogP contribution in [-0.2, 0) is 9.47 Å². The van der Waals surface area contributed by atoms with Crippen molar-refractivity contribution < 1.29 is 9.47 Å². The van der Waals surface area contributed by atoms with Crippen LogP contribution < -0.4 is 0 Å². The molecule has 3 aliphatic rings. The highest BCUT2D eigenvalue weighted by atomic mass is 32.1. The van der Waals surface area contributed by atoms with Gasteiger partial charge in [0, 0.05) is 10.8 Å². The van der Waals surface area contributed by atoms with Gasteiger partial charge in [0.05, 0.1) is 12.2 Å². The first-order chi connectivity index (χ1) is 11.4. The zero-order valence-corrected chi connectivity index (χ0v) is 13.9. The lowest BCUT2D eigenvalue weighted by Gasteiger charge is -2.29. The van der Waals surface area contributed by atoms with Crippen molar-refractivity contribution in [2.24, 2.45) is 0 Å². The SMILES string of the molecule is c1scc2nc3c(nc12)C(OC1CCCC1)=C3OC1CCCC1. The minimum absolute atomic E-state index is 0.320. The Balaban J connectivity index is 1.49. The smallest absolute Gasteiger partial charge is 0.192 e. The van der Waals surface area contributed by atoms with E-state index in [1.165, 1.54) is 25.7 Å². The van der Waals surface area contributed by atoms with Crippen LogP contribution in [0.25, 0.3) is 22.6 Å². The van der Waals surface area contributed by atoms with Crippen LogP contribution in [0, 0.1) is 0 Å². The fourth-order valence-corrected chi connectivity index (χ4v) is 4.50. The highest BCUT2D eigenvalue weighted by molar-refractivity contribution is 7.09. The van der Waals surface area contributed by atoms with Gasteiger partial charge >= 0.3 is 0 Å². The first kappa shape index (κ1) is 13.8. The lowest BCUT2D eigenvalue weighted by Crippen LogP contribution is -2.22. The molecule has 2 fully saturated rings. The Kier molecular flexibility index (Phi) is 3.28. The van der Waals surface area contributed by atoms with Crippen LogP contribution in [-0.4, -0.2) is 22.2 Å². The molecular weight excluding hydrogens is 308 g/mol. The van der Waals surface area contributed by atoms with E-state index in [9.17, 15) is 0 Å². The number of hydrogen-bond acceptors (Lipinski definition) is 5. The third-order valence-corrected chi connectivity index (χ3v) is 5.84. The standard InChI is InChI=1S/C18H20N2O2S/c1-2-6-11(5-1)21-17-15-16(18(17)22-12-7-3-4-8-12)20-14-10-23-9-13(14)19-15/h9-12H,1-8H2. The van der Waals surface area contributed by atoms with Crippen molar-refractivity contribution in [3.8, 4) is 0 Å². The van der Waals surface area contributed by atoms with Crippen LogP contribution in [0.2, 0.25) is 0 Å².